The van der Waals surface area contributed by atoms with E-state index in [0.29, 0.717) is 41.9 Å². The molecule has 29 heavy (non-hydrogen) atoms. The molecular weight excluding hydrogens is 368 g/mol. The predicted molar refractivity (Wildman–Crippen MR) is 107 cm³/mol. The van der Waals surface area contributed by atoms with Gasteiger partial charge in [-0.2, -0.15) is 0 Å². The van der Waals surface area contributed by atoms with E-state index in [1.165, 1.54) is 0 Å². The van der Waals surface area contributed by atoms with E-state index in [1.807, 2.05) is 31.2 Å². The van der Waals surface area contributed by atoms with Gasteiger partial charge in [-0.25, -0.2) is 0 Å². The van der Waals surface area contributed by atoms with E-state index < -0.39 is 0 Å². The Morgan fingerprint density at radius 1 is 1.03 bits per heavy atom. The highest BCUT2D eigenvalue weighted by molar-refractivity contribution is 6.02. The van der Waals surface area contributed by atoms with Crippen LogP contribution in [0.3, 0.4) is 0 Å². The lowest BCUT2D eigenvalue weighted by Gasteiger charge is -2.15. The molecule has 2 fully saturated rings. The summed E-state index contributed by atoms with van der Waals surface area (Å²) in [6.07, 6.45) is -0.131. The van der Waals surface area contributed by atoms with Crippen LogP contribution in [0.2, 0.25) is 0 Å². The minimum absolute atomic E-state index is 0.0314. The van der Waals surface area contributed by atoms with Crippen LogP contribution in [-0.2, 0) is 4.74 Å². The summed E-state index contributed by atoms with van der Waals surface area (Å²) >= 11 is 0. The molecule has 1 unspecified atom stereocenters. The van der Waals surface area contributed by atoms with Crippen molar-refractivity contribution in [3.63, 3.8) is 0 Å². The highest BCUT2D eigenvalue weighted by Crippen LogP contribution is 2.46. The molecule has 5 rings (SSSR count). The third-order valence-corrected chi connectivity index (χ3v) is 6.37. The molecule has 0 bridgehead atoms. The van der Waals surface area contributed by atoms with Gasteiger partial charge in [0.2, 0.25) is 0 Å². The topological polar surface area (TPSA) is 76.7 Å². The van der Waals surface area contributed by atoms with Crippen molar-refractivity contribution in [2.75, 3.05) is 20.3 Å². The van der Waals surface area contributed by atoms with Crippen LogP contribution in [0.15, 0.2) is 42.5 Å². The Balaban J connectivity index is 1.53. The second-order valence-electron chi connectivity index (χ2n) is 8.10. The number of nitrogens with one attached hydrogen (secondary N) is 2. The SMILES string of the molecule is CNC(=O)c1cc(C(=O)NC2[C@H]3COC[C@@H]23)cc2c1O[C@H](C)[C@H]2c1ccccc1. The molecular formula is C23H24N2O4. The van der Waals surface area contributed by atoms with E-state index in [9.17, 15) is 9.59 Å². The fourth-order valence-corrected chi connectivity index (χ4v) is 4.75. The van der Waals surface area contributed by atoms with E-state index in [-0.39, 0.29) is 29.9 Å². The zero-order valence-electron chi connectivity index (χ0n) is 16.5. The van der Waals surface area contributed by atoms with E-state index in [4.69, 9.17) is 9.47 Å². The average Bonchev–Trinajstić information content (AvgIpc) is 3.08. The Kier molecular flexibility index (Phi) is 4.32. The van der Waals surface area contributed by atoms with Crippen LogP contribution in [0, 0.1) is 11.8 Å². The molecule has 3 aliphatic rings. The summed E-state index contributed by atoms with van der Waals surface area (Å²) in [6, 6.07) is 13.8. The Morgan fingerprint density at radius 3 is 2.45 bits per heavy atom. The second kappa shape index (κ2) is 6.88. The van der Waals surface area contributed by atoms with E-state index in [0.717, 1.165) is 11.1 Å². The van der Waals surface area contributed by atoms with Crippen molar-refractivity contribution in [3.05, 3.63) is 64.7 Å². The molecule has 2 N–H and O–H groups in total. The Hall–Kier alpha value is -2.86. The molecule has 2 amide bonds. The fourth-order valence-electron chi connectivity index (χ4n) is 4.75. The summed E-state index contributed by atoms with van der Waals surface area (Å²) in [6.45, 7) is 3.42. The monoisotopic (exact) mass is 392 g/mol. The Morgan fingerprint density at radius 2 is 1.76 bits per heavy atom. The minimum atomic E-state index is -0.256. The summed E-state index contributed by atoms with van der Waals surface area (Å²) in [5.41, 5.74) is 2.88. The fraction of sp³-hybridized carbons (Fsp3) is 0.391. The summed E-state index contributed by atoms with van der Waals surface area (Å²) in [4.78, 5) is 25.5. The molecule has 2 aromatic carbocycles. The van der Waals surface area contributed by atoms with Gasteiger partial charge in [0.1, 0.15) is 11.9 Å². The van der Waals surface area contributed by atoms with E-state index in [2.05, 4.69) is 22.8 Å². The molecule has 1 saturated heterocycles. The molecule has 0 radical (unpaired) electrons. The summed E-state index contributed by atoms with van der Waals surface area (Å²) in [5.74, 6) is 0.978. The van der Waals surface area contributed by atoms with E-state index >= 15 is 0 Å². The lowest BCUT2D eigenvalue weighted by atomic mass is 9.87. The smallest absolute Gasteiger partial charge is 0.254 e. The molecule has 6 heteroatoms. The lowest BCUT2D eigenvalue weighted by molar-refractivity contribution is 0.0929. The third kappa shape index (κ3) is 2.99. The second-order valence-corrected chi connectivity index (χ2v) is 8.10. The van der Waals surface area contributed by atoms with Gasteiger partial charge in [-0.05, 0) is 24.6 Å². The largest absolute Gasteiger partial charge is 0.489 e. The predicted octanol–water partition coefficient (Wildman–Crippen LogP) is 2.33. The van der Waals surface area contributed by atoms with Crippen LogP contribution in [-0.4, -0.2) is 44.2 Å². The van der Waals surface area contributed by atoms with Gasteiger partial charge in [0.25, 0.3) is 11.8 Å². The number of carbonyl (C=O) groups is 2. The van der Waals surface area contributed by atoms with Crippen molar-refractivity contribution in [1.29, 1.82) is 0 Å². The molecule has 150 valence electrons. The Bertz CT molecular complexity index is 964. The van der Waals surface area contributed by atoms with Crippen LogP contribution in [0.25, 0.3) is 0 Å². The van der Waals surface area contributed by atoms with Crippen molar-refractivity contribution >= 4 is 11.8 Å². The van der Waals surface area contributed by atoms with E-state index in [1.54, 1.807) is 13.1 Å². The van der Waals surface area contributed by atoms with Crippen LogP contribution in [0.5, 0.6) is 5.75 Å². The first-order chi connectivity index (χ1) is 14.1. The van der Waals surface area contributed by atoms with Gasteiger partial charge < -0.3 is 20.1 Å². The highest BCUT2D eigenvalue weighted by atomic mass is 16.5. The maximum atomic E-state index is 13.0. The highest BCUT2D eigenvalue weighted by Gasteiger charge is 2.54. The molecule has 2 heterocycles. The maximum absolute atomic E-state index is 13.0. The standard InChI is InChI=1S/C23H24N2O4/c1-12-19(13-6-4-3-5-7-13)15-8-14(9-16(21(15)29-12)23(27)24-2)22(26)25-20-17-10-28-11-18(17)20/h3-9,12,17-20H,10-11H2,1-2H3,(H,24,27)(H,25,26)/t12-,17-,18+,19+,20?/m1/s1. The lowest BCUT2D eigenvalue weighted by Crippen LogP contribution is -2.30. The number of ether oxygens (including phenoxy) is 2. The van der Waals surface area contributed by atoms with Crippen molar-refractivity contribution in [3.8, 4) is 5.75 Å². The van der Waals surface area contributed by atoms with Gasteiger partial charge in [-0.3, -0.25) is 9.59 Å². The molecule has 2 aliphatic heterocycles. The van der Waals surface area contributed by atoms with Gasteiger partial charge in [0, 0.05) is 42.0 Å². The zero-order chi connectivity index (χ0) is 20.1. The third-order valence-electron chi connectivity index (χ3n) is 6.37. The first kappa shape index (κ1) is 18.2. The summed E-state index contributed by atoms with van der Waals surface area (Å²) < 4.78 is 11.5. The first-order valence-electron chi connectivity index (χ1n) is 10.1. The summed E-state index contributed by atoms with van der Waals surface area (Å²) in [5, 5.41) is 5.79. The van der Waals surface area contributed by atoms with Gasteiger partial charge >= 0.3 is 0 Å². The number of carbonyl (C=O) groups excluding carboxylic acids is 2. The van der Waals surface area contributed by atoms with Gasteiger partial charge in [-0.1, -0.05) is 30.3 Å². The number of amides is 2. The summed E-state index contributed by atoms with van der Waals surface area (Å²) in [7, 11) is 1.58. The number of hydrogen-bond donors (Lipinski definition) is 2. The van der Waals surface area contributed by atoms with Crippen molar-refractivity contribution < 1.29 is 19.1 Å². The Labute approximate surface area is 169 Å². The van der Waals surface area contributed by atoms with Crippen LogP contribution >= 0.6 is 0 Å². The van der Waals surface area contributed by atoms with Crippen molar-refractivity contribution in [1.82, 2.24) is 10.6 Å². The van der Waals surface area contributed by atoms with Gasteiger partial charge in [0.15, 0.2) is 0 Å². The zero-order valence-corrected chi connectivity index (χ0v) is 16.5. The average molecular weight is 392 g/mol. The van der Waals surface area contributed by atoms with Crippen molar-refractivity contribution in [2.45, 2.75) is 25.0 Å². The first-order valence-corrected chi connectivity index (χ1v) is 10.1. The molecule has 0 spiro atoms. The minimum Gasteiger partial charge on any atom is -0.489 e. The van der Waals surface area contributed by atoms with Crippen LogP contribution in [0.4, 0.5) is 0 Å². The van der Waals surface area contributed by atoms with Crippen molar-refractivity contribution in [2.24, 2.45) is 11.8 Å². The van der Waals surface area contributed by atoms with Crippen LogP contribution in [0.1, 0.15) is 44.7 Å². The number of fused-ring (bicyclic) bond motifs is 2. The molecule has 1 aliphatic carbocycles. The molecule has 6 nitrogen and oxygen atoms in total. The van der Waals surface area contributed by atoms with Crippen LogP contribution < -0.4 is 15.4 Å². The molecule has 2 aromatic rings. The van der Waals surface area contributed by atoms with Gasteiger partial charge in [0.05, 0.1) is 18.8 Å². The van der Waals surface area contributed by atoms with Gasteiger partial charge in [-0.15, -0.1) is 0 Å². The number of benzene rings is 2. The number of rotatable bonds is 4. The normalized spacial score (nSPS) is 28.8. The number of hydrogen-bond acceptors (Lipinski definition) is 4. The molecule has 5 atom stereocenters. The maximum Gasteiger partial charge on any atom is 0.254 e. The molecule has 0 aromatic heterocycles. The molecule has 1 saturated carbocycles. The quantitative estimate of drug-likeness (QED) is 0.837.